The van der Waals surface area contributed by atoms with Gasteiger partial charge in [0.15, 0.2) is 0 Å². The van der Waals surface area contributed by atoms with Gasteiger partial charge in [-0.3, -0.25) is 25.2 Å². The number of hydrazine groups is 1. The van der Waals surface area contributed by atoms with Crippen molar-refractivity contribution in [1.29, 1.82) is 0 Å². The molecule has 1 aromatic rings. The molecule has 0 aromatic heterocycles. The lowest BCUT2D eigenvalue weighted by Gasteiger charge is -2.21. The zero-order valence-electron chi connectivity index (χ0n) is 12.1. The SMILES string of the molecule is CC(=O)NC(C(=O)NNC(=O)c1ccccc1Cl)C(C)C. The van der Waals surface area contributed by atoms with Crippen LogP contribution in [0.15, 0.2) is 24.3 Å². The van der Waals surface area contributed by atoms with Crippen LogP contribution in [0.25, 0.3) is 0 Å². The molecule has 0 heterocycles. The maximum Gasteiger partial charge on any atom is 0.271 e. The highest BCUT2D eigenvalue weighted by atomic mass is 35.5. The van der Waals surface area contributed by atoms with Gasteiger partial charge in [-0.1, -0.05) is 37.6 Å². The Kier molecular flexibility index (Phi) is 6.17. The van der Waals surface area contributed by atoms with Crippen LogP contribution in [-0.4, -0.2) is 23.8 Å². The van der Waals surface area contributed by atoms with Gasteiger partial charge in [-0.2, -0.15) is 0 Å². The second kappa shape index (κ2) is 7.64. The molecule has 1 atom stereocenters. The molecule has 0 fully saturated rings. The van der Waals surface area contributed by atoms with Crippen molar-refractivity contribution in [1.82, 2.24) is 16.2 Å². The van der Waals surface area contributed by atoms with Crippen molar-refractivity contribution in [2.24, 2.45) is 5.92 Å². The third-order valence-corrected chi connectivity index (χ3v) is 3.06. The van der Waals surface area contributed by atoms with E-state index < -0.39 is 17.9 Å². The minimum atomic E-state index is -0.728. The number of hydrogen-bond donors (Lipinski definition) is 3. The molecule has 0 aliphatic heterocycles. The van der Waals surface area contributed by atoms with Gasteiger partial charge in [-0.15, -0.1) is 0 Å². The highest BCUT2D eigenvalue weighted by Crippen LogP contribution is 2.14. The fraction of sp³-hybridized carbons (Fsp3) is 0.357. The van der Waals surface area contributed by atoms with E-state index in [1.165, 1.54) is 13.0 Å². The van der Waals surface area contributed by atoms with Crippen LogP contribution in [0.2, 0.25) is 5.02 Å². The zero-order chi connectivity index (χ0) is 16.0. The van der Waals surface area contributed by atoms with Gasteiger partial charge in [0, 0.05) is 6.92 Å². The minimum Gasteiger partial charge on any atom is -0.344 e. The summed E-state index contributed by atoms with van der Waals surface area (Å²) in [6, 6.07) is 5.75. The standard InChI is InChI=1S/C14H18ClN3O3/c1-8(2)12(16-9(3)19)14(21)18-17-13(20)10-6-4-5-7-11(10)15/h4-8,12H,1-3H3,(H,16,19)(H,17,20)(H,18,21). The highest BCUT2D eigenvalue weighted by Gasteiger charge is 2.23. The van der Waals surface area contributed by atoms with Crippen LogP contribution in [0.5, 0.6) is 0 Å². The summed E-state index contributed by atoms with van der Waals surface area (Å²) in [5.74, 6) is -1.47. The van der Waals surface area contributed by atoms with E-state index in [9.17, 15) is 14.4 Å². The summed E-state index contributed by atoms with van der Waals surface area (Å²) in [5.41, 5.74) is 4.81. The fourth-order valence-electron chi connectivity index (χ4n) is 1.66. The predicted molar refractivity (Wildman–Crippen MR) is 79.5 cm³/mol. The van der Waals surface area contributed by atoms with E-state index in [1.807, 2.05) is 0 Å². The van der Waals surface area contributed by atoms with E-state index in [-0.39, 0.29) is 22.4 Å². The second-order valence-corrected chi connectivity index (χ2v) is 5.25. The van der Waals surface area contributed by atoms with Gasteiger partial charge in [0.25, 0.3) is 11.8 Å². The van der Waals surface area contributed by atoms with Gasteiger partial charge in [-0.25, -0.2) is 0 Å². The topological polar surface area (TPSA) is 87.3 Å². The van der Waals surface area contributed by atoms with Gasteiger partial charge >= 0.3 is 0 Å². The van der Waals surface area contributed by atoms with Crippen LogP contribution in [0.4, 0.5) is 0 Å². The molecule has 0 radical (unpaired) electrons. The summed E-state index contributed by atoms with van der Waals surface area (Å²) in [6.07, 6.45) is 0. The van der Waals surface area contributed by atoms with Crippen molar-refractivity contribution in [3.63, 3.8) is 0 Å². The first kappa shape index (κ1) is 17.0. The Balaban J connectivity index is 2.65. The van der Waals surface area contributed by atoms with Crippen LogP contribution in [0.3, 0.4) is 0 Å². The second-order valence-electron chi connectivity index (χ2n) is 4.85. The summed E-state index contributed by atoms with van der Waals surface area (Å²) in [7, 11) is 0. The summed E-state index contributed by atoms with van der Waals surface area (Å²) >= 11 is 5.89. The quantitative estimate of drug-likeness (QED) is 0.732. The molecule has 0 saturated carbocycles. The van der Waals surface area contributed by atoms with E-state index in [2.05, 4.69) is 16.2 Å². The van der Waals surface area contributed by atoms with Gasteiger partial charge < -0.3 is 5.32 Å². The Hall–Kier alpha value is -2.08. The molecule has 1 aromatic carbocycles. The van der Waals surface area contributed by atoms with Crippen LogP contribution in [0, 0.1) is 5.92 Å². The molecule has 6 nitrogen and oxygen atoms in total. The average molecular weight is 312 g/mol. The number of hydrogen-bond acceptors (Lipinski definition) is 3. The van der Waals surface area contributed by atoms with Crippen LogP contribution >= 0.6 is 11.6 Å². The molecule has 21 heavy (non-hydrogen) atoms. The van der Waals surface area contributed by atoms with E-state index in [0.717, 1.165) is 0 Å². The predicted octanol–water partition coefficient (Wildman–Crippen LogP) is 1.26. The lowest BCUT2D eigenvalue weighted by molar-refractivity contribution is -0.129. The Morgan fingerprint density at radius 1 is 1.10 bits per heavy atom. The third-order valence-electron chi connectivity index (χ3n) is 2.73. The summed E-state index contributed by atoms with van der Waals surface area (Å²) in [4.78, 5) is 34.9. The van der Waals surface area contributed by atoms with Gasteiger partial charge in [0.05, 0.1) is 10.6 Å². The van der Waals surface area contributed by atoms with Crippen molar-refractivity contribution in [3.05, 3.63) is 34.9 Å². The van der Waals surface area contributed by atoms with E-state index in [1.54, 1.807) is 32.0 Å². The van der Waals surface area contributed by atoms with Crippen molar-refractivity contribution in [2.75, 3.05) is 0 Å². The monoisotopic (exact) mass is 311 g/mol. The first-order valence-electron chi connectivity index (χ1n) is 6.44. The molecular weight excluding hydrogens is 294 g/mol. The molecule has 7 heteroatoms. The molecule has 114 valence electrons. The highest BCUT2D eigenvalue weighted by molar-refractivity contribution is 6.33. The number of benzene rings is 1. The minimum absolute atomic E-state index is 0.119. The number of halogens is 1. The van der Waals surface area contributed by atoms with Crippen molar-refractivity contribution < 1.29 is 14.4 Å². The Labute approximate surface area is 128 Å². The smallest absolute Gasteiger partial charge is 0.271 e. The van der Waals surface area contributed by atoms with E-state index >= 15 is 0 Å². The van der Waals surface area contributed by atoms with Crippen LogP contribution in [0.1, 0.15) is 31.1 Å². The maximum absolute atomic E-state index is 12.0. The van der Waals surface area contributed by atoms with Crippen molar-refractivity contribution >= 4 is 29.3 Å². The molecule has 3 N–H and O–H groups in total. The first-order valence-corrected chi connectivity index (χ1v) is 6.82. The van der Waals surface area contributed by atoms with Crippen LogP contribution in [-0.2, 0) is 9.59 Å². The molecule has 1 rings (SSSR count). The molecule has 0 saturated heterocycles. The normalized spacial score (nSPS) is 11.7. The average Bonchev–Trinajstić information content (AvgIpc) is 2.41. The first-order chi connectivity index (χ1) is 9.82. The van der Waals surface area contributed by atoms with Crippen LogP contribution < -0.4 is 16.2 Å². The van der Waals surface area contributed by atoms with E-state index in [4.69, 9.17) is 11.6 Å². The number of rotatable bonds is 4. The van der Waals surface area contributed by atoms with Crippen molar-refractivity contribution in [3.8, 4) is 0 Å². The van der Waals surface area contributed by atoms with Gasteiger partial charge in [-0.05, 0) is 18.1 Å². The molecule has 0 bridgehead atoms. The summed E-state index contributed by atoms with van der Waals surface area (Å²) in [5, 5.41) is 2.81. The Morgan fingerprint density at radius 2 is 1.71 bits per heavy atom. The summed E-state index contributed by atoms with van der Waals surface area (Å²) in [6.45, 7) is 4.90. The molecule has 0 spiro atoms. The fourth-order valence-corrected chi connectivity index (χ4v) is 1.88. The largest absolute Gasteiger partial charge is 0.344 e. The number of amides is 3. The number of carbonyl (C=O) groups is 3. The van der Waals surface area contributed by atoms with E-state index in [0.29, 0.717) is 0 Å². The Bertz CT molecular complexity index is 546. The number of carbonyl (C=O) groups excluding carboxylic acids is 3. The van der Waals surface area contributed by atoms with Gasteiger partial charge in [0.1, 0.15) is 6.04 Å². The maximum atomic E-state index is 12.0. The zero-order valence-corrected chi connectivity index (χ0v) is 12.8. The van der Waals surface area contributed by atoms with Gasteiger partial charge in [0.2, 0.25) is 5.91 Å². The lowest BCUT2D eigenvalue weighted by Crippen LogP contribution is -2.54. The summed E-state index contributed by atoms with van der Waals surface area (Å²) < 4.78 is 0. The number of nitrogens with one attached hydrogen (secondary N) is 3. The molecule has 0 aliphatic rings. The third kappa shape index (κ3) is 5.07. The molecular formula is C14H18ClN3O3. The lowest BCUT2D eigenvalue weighted by atomic mass is 10.0. The molecule has 0 aliphatic carbocycles. The Morgan fingerprint density at radius 3 is 2.24 bits per heavy atom. The molecule has 1 unspecified atom stereocenters. The van der Waals surface area contributed by atoms with Crippen molar-refractivity contribution in [2.45, 2.75) is 26.8 Å². The molecule has 3 amide bonds.